The van der Waals surface area contributed by atoms with E-state index in [0.717, 1.165) is 0 Å². The fourth-order valence-electron chi connectivity index (χ4n) is 3.84. The summed E-state index contributed by atoms with van der Waals surface area (Å²) in [5.41, 5.74) is 1.64. The lowest BCUT2D eigenvalue weighted by Crippen LogP contribution is -2.45. The van der Waals surface area contributed by atoms with Crippen molar-refractivity contribution in [3.8, 4) is 18.1 Å². The molecule has 1 heterocycles. The first kappa shape index (κ1) is 24.1. The number of nitrogens with zero attached hydrogens (tertiary/aromatic N) is 2. The normalized spacial score (nSPS) is 13.7. The second kappa shape index (κ2) is 10.9. The Kier molecular flexibility index (Phi) is 7.96. The number of benzene rings is 2. The van der Waals surface area contributed by atoms with Gasteiger partial charge >= 0.3 is 0 Å². The molecular weight excluding hydrogens is 442 g/mol. The number of likely N-dealkylation sites (tertiary alicyclic amines) is 1. The Morgan fingerprint density at radius 1 is 1.21 bits per heavy atom. The van der Waals surface area contributed by atoms with Gasteiger partial charge in [0.2, 0.25) is 11.8 Å². The Bertz CT molecular complexity index is 1090. The molecule has 172 valence electrons. The highest BCUT2D eigenvalue weighted by Crippen LogP contribution is 2.27. The van der Waals surface area contributed by atoms with Crippen LogP contribution in [0.5, 0.6) is 5.75 Å². The average Bonchev–Trinajstić information content (AvgIpc) is 2.83. The van der Waals surface area contributed by atoms with Gasteiger partial charge in [0.25, 0.3) is 5.91 Å². The largest absolute Gasteiger partial charge is 0.496 e. The zero-order valence-corrected chi connectivity index (χ0v) is 19.4. The third-order valence-corrected chi connectivity index (χ3v) is 5.83. The number of hydrogen-bond donors (Lipinski definition) is 1. The van der Waals surface area contributed by atoms with Gasteiger partial charge in [-0.05, 0) is 49.2 Å². The van der Waals surface area contributed by atoms with Gasteiger partial charge in [-0.25, -0.2) is 0 Å². The summed E-state index contributed by atoms with van der Waals surface area (Å²) in [6.45, 7) is 0.797. The van der Waals surface area contributed by atoms with Crippen LogP contribution in [0.3, 0.4) is 0 Å². The highest BCUT2D eigenvalue weighted by Gasteiger charge is 2.31. The van der Waals surface area contributed by atoms with E-state index in [1.165, 1.54) is 12.0 Å². The molecule has 2 aromatic carbocycles. The van der Waals surface area contributed by atoms with Crippen LogP contribution < -0.4 is 10.1 Å². The first-order valence-electron chi connectivity index (χ1n) is 10.6. The molecule has 0 aliphatic carbocycles. The molecule has 1 saturated heterocycles. The van der Waals surface area contributed by atoms with E-state index in [2.05, 4.69) is 11.2 Å². The molecule has 33 heavy (non-hydrogen) atoms. The fourth-order valence-corrected chi connectivity index (χ4v) is 4.01. The predicted molar refractivity (Wildman–Crippen MR) is 127 cm³/mol. The first-order valence-corrected chi connectivity index (χ1v) is 10.9. The summed E-state index contributed by atoms with van der Waals surface area (Å²) in [4.78, 5) is 41.3. The summed E-state index contributed by atoms with van der Waals surface area (Å²) in [5.74, 6) is 2.12. The monoisotopic (exact) mass is 467 g/mol. The third kappa shape index (κ3) is 6.05. The van der Waals surface area contributed by atoms with Crippen LogP contribution in [-0.2, 0) is 9.59 Å². The van der Waals surface area contributed by atoms with E-state index in [1.54, 1.807) is 54.4 Å². The van der Waals surface area contributed by atoms with Crippen molar-refractivity contribution >= 4 is 35.0 Å². The zero-order valence-electron chi connectivity index (χ0n) is 18.6. The molecule has 0 atom stereocenters. The van der Waals surface area contributed by atoms with Crippen LogP contribution in [0.4, 0.5) is 5.69 Å². The summed E-state index contributed by atoms with van der Waals surface area (Å²) in [6.07, 6.45) is 6.42. The number of carbonyl (C=O) groups is 3. The Hall–Kier alpha value is -3.50. The van der Waals surface area contributed by atoms with Gasteiger partial charge in [0.1, 0.15) is 5.75 Å². The summed E-state index contributed by atoms with van der Waals surface area (Å²) in [5, 5.41) is 3.21. The SMILES string of the molecule is C#Cc1cccc(NC(=O)CN(C)C(=O)C2CCN(C(=O)c3cc(Cl)ccc3OC)CC2)c1. The van der Waals surface area contributed by atoms with Crippen molar-refractivity contribution in [2.24, 2.45) is 5.92 Å². The summed E-state index contributed by atoms with van der Waals surface area (Å²) < 4.78 is 5.28. The molecule has 8 heteroatoms. The topological polar surface area (TPSA) is 79.0 Å². The van der Waals surface area contributed by atoms with Crippen molar-refractivity contribution in [1.82, 2.24) is 9.80 Å². The Morgan fingerprint density at radius 2 is 1.94 bits per heavy atom. The van der Waals surface area contributed by atoms with Crippen molar-refractivity contribution in [2.75, 3.05) is 39.1 Å². The molecule has 0 radical (unpaired) electrons. The number of piperidine rings is 1. The van der Waals surface area contributed by atoms with E-state index in [0.29, 0.717) is 53.5 Å². The van der Waals surface area contributed by atoms with E-state index in [4.69, 9.17) is 22.8 Å². The molecule has 0 saturated carbocycles. The number of anilines is 1. The molecule has 0 aromatic heterocycles. The van der Waals surface area contributed by atoms with Crippen LogP contribution in [0.2, 0.25) is 5.02 Å². The minimum Gasteiger partial charge on any atom is -0.496 e. The van der Waals surface area contributed by atoms with E-state index in [9.17, 15) is 14.4 Å². The maximum absolute atomic E-state index is 12.9. The number of halogens is 1. The van der Waals surface area contributed by atoms with Crippen LogP contribution in [-0.4, -0.2) is 61.3 Å². The minimum absolute atomic E-state index is 0.0715. The molecule has 0 spiro atoms. The molecule has 2 aromatic rings. The van der Waals surface area contributed by atoms with Crippen LogP contribution in [0.25, 0.3) is 0 Å². The van der Waals surface area contributed by atoms with Crippen molar-refractivity contribution in [3.05, 3.63) is 58.6 Å². The van der Waals surface area contributed by atoms with Crippen molar-refractivity contribution < 1.29 is 19.1 Å². The Morgan fingerprint density at radius 3 is 2.61 bits per heavy atom. The number of rotatable bonds is 6. The lowest BCUT2D eigenvalue weighted by molar-refractivity contribution is -0.138. The van der Waals surface area contributed by atoms with Crippen molar-refractivity contribution in [3.63, 3.8) is 0 Å². The average molecular weight is 468 g/mol. The number of hydrogen-bond acceptors (Lipinski definition) is 4. The van der Waals surface area contributed by atoms with Crippen LogP contribution >= 0.6 is 11.6 Å². The number of methoxy groups -OCH3 is 1. The van der Waals surface area contributed by atoms with E-state index >= 15 is 0 Å². The third-order valence-electron chi connectivity index (χ3n) is 5.59. The lowest BCUT2D eigenvalue weighted by Gasteiger charge is -2.33. The van der Waals surface area contributed by atoms with Crippen LogP contribution in [0.1, 0.15) is 28.8 Å². The lowest BCUT2D eigenvalue weighted by atomic mass is 9.94. The summed E-state index contributed by atoms with van der Waals surface area (Å²) in [7, 11) is 3.11. The molecule has 1 fully saturated rings. The molecule has 0 bridgehead atoms. The maximum Gasteiger partial charge on any atom is 0.257 e. The number of ether oxygens (including phenoxy) is 1. The molecule has 1 aliphatic rings. The maximum atomic E-state index is 12.9. The van der Waals surface area contributed by atoms with Gasteiger partial charge in [-0.1, -0.05) is 23.6 Å². The number of amides is 3. The van der Waals surface area contributed by atoms with Gasteiger partial charge in [0, 0.05) is 42.3 Å². The highest BCUT2D eigenvalue weighted by molar-refractivity contribution is 6.31. The number of carbonyl (C=O) groups excluding carboxylic acids is 3. The Balaban J connectivity index is 1.53. The molecule has 1 N–H and O–H groups in total. The van der Waals surface area contributed by atoms with Crippen LogP contribution in [0.15, 0.2) is 42.5 Å². The van der Waals surface area contributed by atoms with Crippen LogP contribution in [0, 0.1) is 18.3 Å². The molecule has 1 aliphatic heterocycles. The number of nitrogens with one attached hydrogen (secondary N) is 1. The first-order chi connectivity index (χ1) is 15.8. The van der Waals surface area contributed by atoms with Gasteiger partial charge in [-0.15, -0.1) is 6.42 Å². The van der Waals surface area contributed by atoms with Gasteiger partial charge in [0.15, 0.2) is 0 Å². The highest BCUT2D eigenvalue weighted by atomic mass is 35.5. The molecular formula is C25H26ClN3O4. The summed E-state index contributed by atoms with van der Waals surface area (Å²) >= 11 is 6.05. The molecule has 7 nitrogen and oxygen atoms in total. The predicted octanol–water partition coefficient (Wildman–Crippen LogP) is 3.28. The van der Waals surface area contributed by atoms with Gasteiger partial charge in [-0.3, -0.25) is 14.4 Å². The molecule has 3 rings (SSSR count). The quantitative estimate of drug-likeness (QED) is 0.661. The standard InChI is InChI=1S/C25H26ClN3O4/c1-4-17-6-5-7-20(14-17)27-23(30)16-28(2)24(31)18-10-12-29(13-11-18)25(32)21-15-19(26)8-9-22(21)33-3/h1,5-9,14-15,18H,10-13,16H2,2-3H3,(H,27,30). The zero-order chi connectivity index (χ0) is 24.0. The molecule has 0 unspecified atom stereocenters. The molecule has 3 amide bonds. The second-order valence-electron chi connectivity index (χ2n) is 7.88. The van der Waals surface area contributed by atoms with Gasteiger partial charge < -0.3 is 19.9 Å². The van der Waals surface area contributed by atoms with E-state index < -0.39 is 0 Å². The Labute approximate surface area is 198 Å². The van der Waals surface area contributed by atoms with Gasteiger partial charge in [0.05, 0.1) is 19.2 Å². The van der Waals surface area contributed by atoms with Crippen molar-refractivity contribution in [2.45, 2.75) is 12.8 Å². The van der Waals surface area contributed by atoms with Crippen molar-refractivity contribution in [1.29, 1.82) is 0 Å². The minimum atomic E-state index is -0.305. The smallest absolute Gasteiger partial charge is 0.257 e. The van der Waals surface area contributed by atoms with E-state index in [-0.39, 0.29) is 30.2 Å². The fraction of sp³-hybridized carbons (Fsp3) is 0.320. The van der Waals surface area contributed by atoms with E-state index in [1.807, 2.05) is 0 Å². The summed E-state index contributed by atoms with van der Waals surface area (Å²) in [6, 6.07) is 11.9. The number of likely N-dealkylation sites (N-methyl/N-ethyl adjacent to an activating group) is 1. The van der Waals surface area contributed by atoms with Gasteiger partial charge in [-0.2, -0.15) is 0 Å². The second-order valence-corrected chi connectivity index (χ2v) is 8.32. The number of terminal acetylenes is 1.